The summed E-state index contributed by atoms with van der Waals surface area (Å²) in [5.41, 5.74) is 7.90. The van der Waals surface area contributed by atoms with E-state index in [4.69, 9.17) is 5.73 Å². The molecule has 1 nitrogen and oxygen atoms in total. The fourth-order valence-electron chi connectivity index (χ4n) is 0.993. The Kier molecular flexibility index (Phi) is 3.00. The first-order valence-electron chi connectivity index (χ1n) is 3.84. The summed E-state index contributed by atoms with van der Waals surface area (Å²) in [5, 5.41) is 0. The van der Waals surface area contributed by atoms with Crippen molar-refractivity contribution in [3.8, 4) is 0 Å². The van der Waals surface area contributed by atoms with E-state index in [9.17, 15) is 4.39 Å². The second-order valence-electron chi connectivity index (χ2n) is 2.70. The third kappa shape index (κ3) is 1.92. The lowest BCUT2D eigenvalue weighted by Crippen LogP contribution is -2.01. The van der Waals surface area contributed by atoms with Gasteiger partial charge in [0.2, 0.25) is 0 Å². The molecule has 0 spiro atoms. The van der Waals surface area contributed by atoms with Crippen LogP contribution in [-0.4, -0.2) is 6.54 Å². The normalized spacial score (nSPS) is 11.8. The lowest BCUT2D eigenvalue weighted by Gasteiger charge is -2.02. The second kappa shape index (κ2) is 4.02. The Morgan fingerprint density at radius 2 is 2.00 bits per heavy atom. The van der Waals surface area contributed by atoms with Gasteiger partial charge < -0.3 is 5.73 Å². The quantitative estimate of drug-likeness (QED) is 0.714. The summed E-state index contributed by atoms with van der Waals surface area (Å²) in [4.78, 5) is 0. The highest BCUT2D eigenvalue weighted by Crippen LogP contribution is 2.13. The molecule has 0 aromatic heterocycles. The Morgan fingerprint density at radius 3 is 2.42 bits per heavy atom. The molecule has 12 heavy (non-hydrogen) atoms. The molecule has 0 aliphatic heterocycles. The van der Waals surface area contributed by atoms with Crippen molar-refractivity contribution in [1.82, 2.24) is 0 Å². The van der Waals surface area contributed by atoms with E-state index in [0.717, 1.165) is 11.1 Å². The van der Waals surface area contributed by atoms with Crippen molar-refractivity contribution < 1.29 is 4.39 Å². The van der Waals surface area contributed by atoms with Gasteiger partial charge in [-0.1, -0.05) is 29.8 Å². The zero-order valence-electron chi connectivity index (χ0n) is 7.05. The van der Waals surface area contributed by atoms with Gasteiger partial charge in [0.05, 0.1) is 6.33 Å². The molecule has 0 aliphatic rings. The van der Waals surface area contributed by atoms with Crippen LogP contribution < -0.4 is 5.73 Å². The average molecular weight is 165 g/mol. The molecule has 64 valence electrons. The molecular weight excluding hydrogens is 153 g/mol. The van der Waals surface area contributed by atoms with Crippen molar-refractivity contribution in [3.05, 3.63) is 41.7 Å². The maximum Gasteiger partial charge on any atom is 0.0917 e. The SMILES string of the molecule is Cc1ccc(/C(=C\F)CN)cc1. The van der Waals surface area contributed by atoms with Crippen molar-refractivity contribution >= 4 is 5.57 Å². The molecular formula is C10H12FN. The summed E-state index contributed by atoms with van der Waals surface area (Å²) in [6.45, 7) is 2.23. The fourth-order valence-corrected chi connectivity index (χ4v) is 0.993. The summed E-state index contributed by atoms with van der Waals surface area (Å²) in [6, 6.07) is 7.62. The third-order valence-corrected chi connectivity index (χ3v) is 1.77. The van der Waals surface area contributed by atoms with E-state index in [1.165, 1.54) is 0 Å². The van der Waals surface area contributed by atoms with Crippen LogP contribution >= 0.6 is 0 Å². The van der Waals surface area contributed by atoms with Gasteiger partial charge in [0.25, 0.3) is 0 Å². The predicted molar refractivity (Wildman–Crippen MR) is 49.3 cm³/mol. The highest BCUT2D eigenvalue weighted by atomic mass is 19.1. The number of benzene rings is 1. The molecule has 0 saturated carbocycles. The number of hydrogen-bond acceptors (Lipinski definition) is 1. The number of aryl methyl sites for hydroxylation is 1. The second-order valence-corrected chi connectivity index (χ2v) is 2.70. The van der Waals surface area contributed by atoms with Gasteiger partial charge in [-0.2, -0.15) is 0 Å². The molecule has 2 N–H and O–H groups in total. The maximum atomic E-state index is 12.2. The van der Waals surface area contributed by atoms with E-state index in [1.807, 2.05) is 31.2 Å². The van der Waals surface area contributed by atoms with E-state index in [1.54, 1.807) is 0 Å². The fraction of sp³-hybridized carbons (Fsp3) is 0.200. The van der Waals surface area contributed by atoms with Crippen molar-refractivity contribution in [2.45, 2.75) is 6.92 Å². The van der Waals surface area contributed by atoms with E-state index in [0.29, 0.717) is 11.9 Å². The van der Waals surface area contributed by atoms with Crippen LogP contribution in [-0.2, 0) is 0 Å². The molecule has 2 heteroatoms. The highest BCUT2D eigenvalue weighted by Gasteiger charge is 1.97. The molecule has 0 radical (unpaired) electrons. The van der Waals surface area contributed by atoms with Gasteiger partial charge in [0.1, 0.15) is 0 Å². The molecule has 0 atom stereocenters. The average Bonchev–Trinajstić information content (AvgIpc) is 2.10. The maximum absolute atomic E-state index is 12.2. The topological polar surface area (TPSA) is 26.0 Å². The van der Waals surface area contributed by atoms with Crippen LogP contribution in [0.15, 0.2) is 30.6 Å². The van der Waals surface area contributed by atoms with Crippen molar-refractivity contribution in [2.24, 2.45) is 5.73 Å². The predicted octanol–water partition coefficient (Wildman–Crippen LogP) is 2.26. The number of rotatable bonds is 2. The van der Waals surface area contributed by atoms with Gasteiger partial charge in [-0.15, -0.1) is 0 Å². The number of nitrogens with two attached hydrogens (primary N) is 1. The summed E-state index contributed by atoms with van der Waals surface area (Å²) >= 11 is 0. The molecule has 0 heterocycles. The zero-order chi connectivity index (χ0) is 8.97. The summed E-state index contributed by atoms with van der Waals surface area (Å²) < 4.78 is 12.2. The van der Waals surface area contributed by atoms with Crippen LogP contribution in [0.5, 0.6) is 0 Å². The monoisotopic (exact) mass is 165 g/mol. The first kappa shape index (κ1) is 8.94. The van der Waals surface area contributed by atoms with Gasteiger partial charge in [0.15, 0.2) is 0 Å². The van der Waals surface area contributed by atoms with Crippen LogP contribution in [0, 0.1) is 6.92 Å². The highest BCUT2D eigenvalue weighted by molar-refractivity contribution is 5.65. The molecule has 1 aromatic carbocycles. The smallest absolute Gasteiger partial charge is 0.0917 e. The number of hydrogen-bond donors (Lipinski definition) is 1. The van der Waals surface area contributed by atoms with Gasteiger partial charge >= 0.3 is 0 Å². The first-order valence-corrected chi connectivity index (χ1v) is 3.84. The van der Waals surface area contributed by atoms with Crippen LogP contribution in [0.25, 0.3) is 5.57 Å². The van der Waals surface area contributed by atoms with Gasteiger partial charge in [-0.25, -0.2) is 4.39 Å². The molecule has 1 aromatic rings. The zero-order valence-corrected chi connectivity index (χ0v) is 7.05. The minimum Gasteiger partial charge on any atom is -0.326 e. The van der Waals surface area contributed by atoms with E-state index in [-0.39, 0.29) is 6.54 Å². The lowest BCUT2D eigenvalue weighted by atomic mass is 10.1. The summed E-state index contributed by atoms with van der Waals surface area (Å²) in [5.74, 6) is 0. The molecule has 0 amide bonds. The van der Waals surface area contributed by atoms with Gasteiger partial charge in [-0.3, -0.25) is 0 Å². The van der Waals surface area contributed by atoms with Crippen molar-refractivity contribution in [3.63, 3.8) is 0 Å². The number of halogens is 1. The standard InChI is InChI=1S/C10H12FN/c1-8-2-4-9(5-3-8)10(6-11)7-12/h2-6H,7,12H2,1H3/b10-6-. The molecule has 0 bridgehead atoms. The third-order valence-electron chi connectivity index (χ3n) is 1.77. The minimum absolute atomic E-state index is 0.236. The Bertz CT molecular complexity index is 274. The summed E-state index contributed by atoms with van der Waals surface area (Å²) in [7, 11) is 0. The summed E-state index contributed by atoms with van der Waals surface area (Å²) in [6.07, 6.45) is 0.560. The van der Waals surface area contributed by atoms with Crippen LogP contribution in [0.1, 0.15) is 11.1 Å². The Labute approximate surface area is 71.7 Å². The Hall–Kier alpha value is -1.15. The van der Waals surface area contributed by atoms with Gasteiger partial charge in [0, 0.05) is 12.1 Å². The molecule has 0 unspecified atom stereocenters. The molecule has 0 saturated heterocycles. The largest absolute Gasteiger partial charge is 0.326 e. The Morgan fingerprint density at radius 1 is 1.42 bits per heavy atom. The molecule has 0 aliphatic carbocycles. The lowest BCUT2D eigenvalue weighted by molar-refractivity contribution is 0.721. The van der Waals surface area contributed by atoms with Gasteiger partial charge in [-0.05, 0) is 12.5 Å². The van der Waals surface area contributed by atoms with Crippen LogP contribution in [0.2, 0.25) is 0 Å². The van der Waals surface area contributed by atoms with Crippen LogP contribution in [0.4, 0.5) is 4.39 Å². The first-order chi connectivity index (χ1) is 5.77. The van der Waals surface area contributed by atoms with E-state index < -0.39 is 0 Å². The molecule has 1 rings (SSSR count). The van der Waals surface area contributed by atoms with E-state index >= 15 is 0 Å². The van der Waals surface area contributed by atoms with E-state index in [2.05, 4.69) is 0 Å². The van der Waals surface area contributed by atoms with Crippen molar-refractivity contribution in [1.29, 1.82) is 0 Å². The Balaban J connectivity index is 2.96. The minimum atomic E-state index is 0.236. The van der Waals surface area contributed by atoms with Crippen molar-refractivity contribution in [2.75, 3.05) is 6.54 Å². The molecule has 0 fully saturated rings. The van der Waals surface area contributed by atoms with Crippen LogP contribution in [0.3, 0.4) is 0 Å².